The van der Waals surface area contributed by atoms with E-state index in [4.69, 9.17) is 14.7 Å². The molecule has 1 aromatic carbocycles. The van der Waals surface area contributed by atoms with Gasteiger partial charge in [-0.15, -0.1) is 0 Å². The average Bonchev–Trinajstić information content (AvgIpc) is 3.46. The fraction of sp³-hybridized carbons (Fsp3) is 0.308. The molecule has 1 unspecified atom stereocenters. The van der Waals surface area contributed by atoms with Gasteiger partial charge < -0.3 is 14.6 Å². The van der Waals surface area contributed by atoms with E-state index in [-0.39, 0.29) is 24.3 Å². The van der Waals surface area contributed by atoms with Crippen molar-refractivity contribution < 1.29 is 22.3 Å². The van der Waals surface area contributed by atoms with E-state index in [2.05, 4.69) is 19.9 Å². The molecule has 1 aliphatic heterocycles. The third kappa shape index (κ3) is 5.25. The van der Waals surface area contributed by atoms with E-state index in [1.54, 1.807) is 24.4 Å². The van der Waals surface area contributed by atoms with Gasteiger partial charge in [-0.2, -0.15) is 13.2 Å². The Balaban J connectivity index is 1.49. The molecule has 37 heavy (non-hydrogen) atoms. The number of aryl methyl sites for hydroxylation is 1. The van der Waals surface area contributed by atoms with E-state index >= 15 is 0 Å². The average molecular weight is 513 g/mol. The molecule has 1 atom stereocenters. The minimum atomic E-state index is -4.46. The number of aromatic nitrogens is 5. The lowest BCUT2D eigenvalue weighted by molar-refractivity contribution is -0.137. The summed E-state index contributed by atoms with van der Waals surface area (Å²) < 4.78 is 60.0. The van der Waals surface area contributed by atoms with Gasteiger partial charge in [0.25, 0.3) is 0 Å². The summed E-state index contributed by atoms with van der Waals surface area (Å²) >= 11 is 0. The number of pyridine rings is 1. The number of hydrogen-bond donors (Lipinski definition) is 1. The normalized spacial score (nSPS) is 15.0. The smallest absolute Gasteiger partial charge is 0.417 e. The highest BCUT2D eigenvalue weighted by molar-refractivity contribution is 5.78. The van der Waals surface area contributed by atoms with Crippen LogP contribution in [0.5, 0.6) is 5.88 Å². The summed E-state index contributed by atoms with van der Waals surface area (Å²) in [5.41, 5.74) is 1.96. The summed E-state index contributed by atoms with van der Waals surface area (Å²) in [7, 11) is 0. The number of fused-ring (bicyclic) bond motifs is 1. The van der Waals surface area contributed by atoms with Crippen LogP contribution < -0.4 is 10.1 Å². The summed E-state index contributed by atoms with van der Waals surface area (Å²) in [6.07, 6.45) is 0.280. The number of benzene rings is 1. The summed E-state index contributed by atoms with van der Waals surface area (Å²) in [4.78, 5) is 17.7. The van der Waals surface area contributed by atoms with Crippen molar-refractivity contribution >= 4 is 5.95 Å². The lowest BCUT2D eigenvalue weighted by atomic mass is 10.1. The van der Waals surface area contributed by atoms with Crippen molar-refractivity contribution in [2.75, 3.05) is 18.5 Å². The SMILES string of the molecule is CCCNc1nccc(-c2c(-c3ccc(F)cc3)nc3n2C(COc2ccc(C(F)(F)F)cn2)CC3)n1. The fourth-order valence-electron chi connectivity index (χ4n) is 4.31. The van der Waals surface area contributed by atoms with Crippen LogP contribution in [0.4, 0.5) is 23.5 Å². The van der Waals surface area contributed by atoms with E-state index in [0.717, 1.165) is 48.7 Å². The number of ether oxygens (including phenoxy) is 1. The maximum Gasteiger partial charge on any atom is 0.417 e. The van der Waals surface area contributed by atoms with Gasteiger partial charge in [0, 0.05) is 37.0 Å². The number of anilines is 1. The molecule has 7 nitrogen and oxygen atoms in total. The third-order valence-corrected chi connectivity index (χ3v) is 6.09. The molecular weight excluding hydrogens is 488 g/mol. The van der Waals surface area contributed by atoms with Crippen molar-refractivity contribution in [3.8, 4) is 28.5 Å². The first-order valence-corrected chi connectivity index (χ1v) is 11.9. The van der Waals surface area contributed by atoms with Gasteiger partial charge in [0.15, 0.2) is 0 Å². The molecule has 0 saturated heterocycles. The van der Waals surface area contributed by atoms with Gasteiger partial charge in [0.05, 0.1) is 28.7 Å². The molecule has 0 amide bonds. The second-order valence-corrected chi connectivity index (χ2v) is 8.68. The molecule has 3 aromatic heterocycles. The minimum Gasteiger partial charge on any atom is -0.475 e. The van der Waals surface area contributed by atoms with Crippen LogP contribution in [0, 0.1) is 5.82 Å². The van der Waals surface area contributed by atoms with Crippen molar-refractivity contribution in [2.45, 2.75) is 38.4 Å². The van der Waals surface area contributed by atoms with Crippen LogP contribution >= 0.6 is 0 Å². The largest absolute Gasteiger partial charge is 0.475 e. The van der Waals surface area contributed by atoms with Gasteiger partial charge in [0.1, 0.15) is 18.2 Å². The predicted molar refractivity (Wildman–Crippen MR) is 130 cm³/mol. The Morgan fingerprint density at radius 2 is 1.86 bits per heavy atom. The quantitative estimate of drug-likeness (QED) is 0.294. The second kappa shape index (κ2) is 10.2. The predicted octanol–water partition coefficient (Wildman–Crippen LogP) is 5.95. The van der Waals surface area contributed by atoms with Crippen molar-refractivity contribution in [3.05, 3.63) is 72.1 Å². The first-order chi connectivity index (χ1) is 17.8. The molecular formula is C26H24F4N6O. The molecule has 11 heteroatoms. The number of imidazole rings is 1. The number of alkyl halides is 3. The standard InChI is InChI=1S/C26H24F4N6O/c1-2-12-31-25-32-13-11-20(34-25)24-23(16-3-6-18(27)7-4-16)35-21-9-8-19(36(21)24)15-37-22-10-5-17(14-33-22)26(28,29)30/h3-7,10-11,13-14,19H,2,8-9,12,15H2,1H3,(H,31,32,34). The molecule has 1 aliphatic rings. The van der Waals surface area contributed by atoms with E-state index < -0.39 is 11.7 Å². The van der Waals surface area contributed by atoms with Crippen LogP contribution in [-0.4, -0.2) is 37.7 Å². The Hall–Kier alpha value is -4.02. The molecule has 5 rings (SSSR count). The number of rotatable bonds is 8. The minimum absolute atomic E-state index is 0.106. The summed E-state index contributed by atoms with van der Waals surface area (Å²) in [6, 6.07) is 9.91. The summed E-state index contributed by atoms with van der Waals surface area (Å²) in [6.45, 7) is 2.95. The Labute approximate surface area is 210 Å². The van der Waals surface area contributed by atoms with E-state index in [9.17, 15) is 17.6 Å². The molecule has 4 aromatic rings. The van der Waals surface area contributed by atoms with Crippen molar-refractivity contribution in [1.82, 2.24) is 24.5 Å². The van der Waals surface area contributed by atoms with E-state index in [1.807, 2.05) is 6.92 Å². The third-order valence-electron chi connectivity index (χ3n) is 6.09. The monoisotopic (exact) mass is 512 g/mol. The molecule has 192 valence electrons. The van der Waals surface area contributed by atoms with Gasteiger partial charge in [-0.05, 0) is 49.2 Å². The maximum absolute atomic E-state index is 13.6. The number of nitrogens with one attached hydrogen (secondary N) is 1. The van der Waals surface area contributed by atoms with Crippen LogP contribution in [0.25, 0.3) is 22.6 Å². The Morgan fingerprint density at radius 3 is 2.57 bits per heavy atom. The topological polar surface area (TPSA) is 77.8 Å². The van der Waals surface area contributed by atoms with Gasteiger partial charge >= 0.3 is 6.18 Å². The van der Waals surface area contributed by atoms with Crippen LogP contribution in [0.1, 0.15) is 37.2 Å². The lowest BCUT2D eigenvalue weighted by Gasteiger charge is -2.18. The number of nitrogens with zero attached hydrogens (tertiary/aromatic N) is 5. The van der Waals surface area contributed by atoms with Crippen LogP contribution in [0.3, 0.4) is 0 Å². The fourth-order valence-corrected chi connectivity index (χ4v) is 4.31. The van der Waals surface area contributed by atoms with Gasteiger partial charge in [-0.3, -0.25) is 0 Å². The number of hydrogen-bond acceptors (Lipinski definition) is 6. The van der Waals surface area contributed by atoms with Gasteiger partial charge in [-0.25, -0.2) is 24.3 Å². The molecule has 4 heterocycles. The van der Waals surface area contributed by atoms with E-state index in [1.165, 1.54) is 18.2 Å². The van der Waals surface area contributed by atoms with Crippen molar-refractivity contribution in [1.29, 1.82) is 0 Å². The highest BCUT2D eigenvalue weighted by Gasteiger charge is 2.32. The Bertz CT molecular complexity index is 1370. The maximum atomic E-state index is 13.6. The van der Waals surface area contributed by atoms with Crippen molar-refractivity contribution in [3.63, 3.8) is 0 Å². The zero-order valence-corrected chi connectivity index (χ0v) is 20.0. The molecule has 0 aliphatic carbocycles. The first kappa shape index (κ1) is 24.7. The Kier molecular flexibility index (Phi) is 6.77. The van der Waals surface area contributed by atoms with Gasteiger partial charge in [0.2, 0.25) is 11.8 Å². The molecule has 0 radical (unpaired) electrons. The highest BCUT2D eigenvalue weighted by Crippen LogP contribution is 2.39. The van der Waals surface area contributed by atoms with Crippen molar-refractivity contribution in [2.24, 2.45) is 0 Å². The van der Waals surface area contributed by atoms with Crippen LogP contribution in [0.2, 0.25) is 0 Å². The molecule has 0 bridgehead atoms. The second-order valence-electron chi connectivity index (χ2n) is 8.68. The zero-order valence-electron chi connectivity index (χ0n) is 20.0. The summed E-state index contributed by atoms with van der Waals surface area (Å²) in [5, 5.41) is 3.19. The molecule has 1 N–H and O–H groups in total. The molecule has 0 fully saturated rings. The first-order valence-electron chi connectivity index (χ1n) is 11.9. The lowest BCUT2D eigenvalue weighted by Crippen LogP contribution is -2.16. The van der Waals surface area contributed by atoms with E-state index in [0.29, 0.717) is 23.8 Å². The van der Waals surface area contributed by atoms with Crippen LogP contribution in [0.15, 0.2) is 54.9 Å². The van der Waals surface area contributed by atoms with Gasteiger partial charge in [-0.1, -0.05) is 6.92 Å². The Morgan fingerprint density at radius 1 is 1.05 bits per heavy atom. The molecule has 0 saturated carbocycles. The van der Waals surface area contributed by atoms with Crippen LogP contribution in [-0.2, 0) is 12.6 Å². The summed E-state index contributed by atoms with van der Waals surface area (Å²) in [5.74, 6) is 1.07. The number of halogens is 4. The highest BCUT2D eigenvalue weighted by atomic mass is 19.4. The molecule has 0 spiro atoms. The zero-order chi connectivity index (χ0) is 26.0.